The summed E-state index contributed by atoms with van der Waals surface area (Å²) in [5, 5.41) is 9.04. The lowest BCUT2D eigenvalue weighted by Crippen LogP contribution is -2.31. The van der Waals surface area contributed by atoms with Gasteiger partial charge in [0, 0.05) is 13.1 Å². The van der Waals surface area contributed by atoms with Gasteiger partial charge in [-0.3, -0.25) is 0 Å². The van der Waals surface area contributed by atoms with Gasteiger partial charge in [0.05, 0.1) is 15.8 Å². The molecule has 0 spiro atoms. The number of nitrogens with one attached hydrogen (secondary N) is 1. The molecule has 0 saturated heterocycles. The van der Waals surface area contributed by atoms with Crippen molar-refractivity contribution < 1.29 is 45.7 Å². The van der Waals surface area contributed by atoms with Crippen LogP contribution in [0.1, 0.15) is 144 Å². The molecule has 14 heteroatoms. The number of carboxylic acids is 1. The number of benzene rings is 6. The van der Waals surface area contributed by atoms with Gasteiger partial charge in [0.2, 0.25) is 20.0 Å². The Kier molecular flexibility index (Phi) is 18.5. The second kappa shape index (κ2) is 24.6. The number of aliphatic carboxylic acids is 1. The number of carbonyl (C=O) groups excluding carboxylic acids is 1. The highest BCUT2D eigenvalue weighted by Gasteiger charge is 2.33. The van der Waals surface area contributed by atoms with Crippen LogP contribution < -0.4 is 14.2 Å². The Morgan fingerprint density at radius 1 is 0.613 bits per heavy atom. The van der Waals surface area contributed by atoms with Crippen molar-refractivity contribution in [1.29, 1.82) is 0 Å². The van der Waals surface area contributed by atoms with Gasteiger partial charge in [0.1, 0.15) is 17.1 Å². The zero-order valence-corrected chi connectivity index (χ0v) is 46.1. The Labute approximate surface area is 444 Å². The number of ether oxygens (including phenoxy) is 3. The summed E-state index contributed by atoms with van der Waals surface area (Å²) in [6.07, 6.45) is 6.34. The molecule has 0 bridgehead atoms. The van der Waals surface area contributed by atoms with E-state index in [0.29, 0.717) is 36.2 Å². The topological polar surface area (TPSA) is 166 Å². The molecule has 2 unspecified atom stereocenters. The van der Waals surface area contributed by atoms with Crippen LogP contribution >= 0.6 is 0 Å². The highest BCUT2D eigenvalue weighted by molar-refractivity contribution is 7.89. The van der Waals surface area contributed by atoms with Gasteiger partial charge in [-0.2, -0.15) is 4.31 Å². The fourth-order valence-corrected chi connectivity index (χ4v) is 12.5. The molecule has 0 saturated carbocycles. The van der Waals surface area contributed by atoms with Crippen molar-refractivity contribution in [3.05, 3.63) is 167 Å². The number of fused-ring (bicyclic) bond motifs is 2. The molecule has 2 N–H and O–H groups in total. The molecule has 0 amide bonds. The second-order valence-electron chi connectivity index (χ2n) is 21.0. The molecule has 6 aromatic rings. The molecule has 0 heterocycles. The first-order valence-corrected chi connectivity index (χ1v) is 28.9. The standard InChI is InChI=1S/C32H39NO5S.C29H33NO5S/c1-22(2)23-11-8-12-24(19-23)25-13-9-14-26(20-25)39(35,36)33-29-17-7-6-15-28-27(29)16-10-18-30(28)37-21-31(34)38-32(3,4)5;1-20(2)21-9-6-10-22(17-21)23-11-7-12-24(18-23)36(33,34)30(3)27-15-5-4-13-26-25(27)14-8-16-28(26)35-19-29(31)32/h8-14,16,18-20,22,29,33H,6-7,15,17,21H2,1-5H3;6-12,14,16-18,20,27H,4-5,13,15,19H2,1-3H3,(H,31,32). The van der Waals surface area contributed by atoms with Crippen LogP contribution in [0.2, 0.25) is 0 Å². The first-order chi connectivity index (χ1) is 35.6. The second-order valence-corrected chi connectivity index (χ2v) is 24.7. The van der Waals surface area contributed by atoms with Crippen LogP contribution in [0.3, 0.4) is 0 Å². The van der Waals surface area contributed by atoms with Crippen LogP contribution in [0.25, 0.3) is 22.3 Å². The van der Waals surface area contributed by atoms with Gasteiger partial charge >= 0.3 is 11.9 Å². The largest absolute Gasteiger partial charge is 0.482 e. The van der Waals surface area contributed by atoms with Gasteiger partial charge < -0.3 is 19.3 Å². The number of hydrogen-bond donors (Lipinski definition) is 2. The smallest absolute Gasteiger partial charge is 0.344 e. The third-order valence-corrected chi connectivity index (χ3v) is 17.0. The predicted octanol–water partition coefficient (Wildman–Crippen LogP) is 13.0. The summed E-state index contributed by atoms with van der Waals surface area (Å²) >= 11 is 0. The van der Waals surface area contributed by atoms with E-state index in [1.165, 1.54) is 15.4 Å². The first kappa shape index (κ1) is 56.4. The van der Waals surface area contributed by atoms with Gasteiger partial charge in [-0.1, -0.05) is 138 Å². The third kappa shape index (κ3) is 14.5. The maximum atomic E-state index is 13.8. The summed E-state index contributed by atoms with van der Waals surface area (Å²) in [6.45, 7) is 13.4. The van der Waals surface area contributed by atoms with Gasteiger partial charge in [-0.05, 0) is 163 Å². The van der Waals surface area contributed by atoms with Crippen LogP contribution in [-0.2, 0) is 47.2 Å². The van der Waals surface area contributed by atoms with Crippen molar-refractivity contribution in [3.63, 3.8) is 0 Å². The lowest BCUT2D eigenvalue weighted by molar-refractivity contribution is -0.157. The van der Waals surface area contributed by atoms with Crippen molar-refractivity contribution in [2.24, 2.45) is 0 Å². The summed E-state index contributed by atoms with van der Waals surface area (Å²) in [5.74, 6) is 0.381. The Morgan fingerprint density at radius 3 is 1.63 bits per heavy atom. The summed E-state index contributed by atoms with van der Waals surface area (Å²) in [6, 6.07) is 41.0. The van der Waals surface area contributed by atoms with E-state index in [4.69, 9.17) is 19.3 Å². The number of esters is 1. The molecule has 2 aliphatic rings. The number of sulfonamides is 2. The van der Waals surface area contributed by atoms with Gasteiger partial charge in [0.25, 0.3) is 0 Å². The maximum Gasteiger partial charge on any atom is 0.344 e. The zero-order chi connectivity index (χ0) is 54.1. The number of nitrogens with zero attached hydrogens (tertiary/aromatic N) is 1. The van der Waals surface area contributed by atoms with E-state index in [0.717, 1.165) is 83.0 Å². The average Bonchev–Trinajstić information content (AvgIpc) is 3.73. The van der Waals surface area contributed by atoms with E-state index >= 15 is 0 Å². The average molecular weight is 1060 g/mol. The molecule has 8 rings (SSSR count). The lowest BCUT2D eigenvalue weighted by Gasteiger charge is -2.29. The molecule has 2 atom stereocenters. The molecule has 398 valence electrons. The highest BCUT2D eigenvalue weighted by atomic mass is 32.2. The van der Waals surface area contributed by atoms with Crippen molar-refractivity contribution in [2.75, 3.05) is 20.3 Å². The van der Waals surface area contributed by atoms with Gasteiger partial charge in [-0.25, -0.2) is 31.1 Å². The number of carbonyl (C=O) groups is 2. The van der Waals surface area contributed by atoms with Crippen LogP contribution in [0.15, 0.2) is 143 Å². The number of rotatable bonds is 16. The van der Waals surface area contributed by atoms with E-state index in [1.807, 2.05) is 81.4 Å². The lowest BCUT2D eigenvalue weighted by atomic mass is 9.97. The predicted molar refractivity (Wildman–Crippen MR) is 295 cm³/mol. The molecular weight excluding hydrogens is 985 g/mol. The van der Waals surface area contributed by atoms with Crippen LogP contribution in [0.4, 0.5) is 0 Å². The normalized spacial score (nSPS) is 15.9. The fraction of sp³-hybridized carbons (Fsp3) is 0.377. The first-order valence-electron chi connectivity index (χ1n) is 25.9. The summed E-state index contributed by atoms with van der Waals surface area (Å²) in [4.78, 5) is 23.7. The Hall–Kier alpha value is -6.32. The molecule has 0 aromatic heterocycles. The van der Waals surface area contributed by atoms with E-state index < -0.39 is 50.2 Å². The molecule has 75 heavy (non-hydrogen) atoms. The fourth-order valence-electron chi connectivity index (χ4n) is 9.78. The van der Waals surface area contributed by atoms with Crippen molar-refractivity contribution >= 4 is 32.0 Å². The summed E-state index contributed by atoms with van der Waals surface area (Å²) < 4.78 is 76.1. The Balaban J connectivity index is 0.000000219. The highest BCUT2D eigenvalue weighted by Crippen LogP contribution is 2.40. The monoisotopic (exact) mass is 1060 g/mol. The minimum Gasteiger partial charge on any atom is -0.482 e. The van der Waals surface area contributed by atoms with Crippen molar-refractivity contribution in [1.82, 2.24) is 9.03 Å². The summed E-state index contributed by atoms with van der Waals surface area (Å²) in [7, 11) is -5.96. The van der Waals surface area contributed by atoms with Crippen molar-refractivity contribution in [3.8, 4) is 33.8 Å². The molecule has 2 aliphatic carbocycles. The van der Waals surface area contributed by atoms with Crippen LogP contribution in [-0.4, -0.2) is 64.0 Å². The molecule has 12 nitrogen and oxygen atoms in total. The van der Waals surface area contributed by atoms with Crippen molar-refractivity contribution in [2.45, 2.75) is 139 Å². The van der Waals surface area contributed by atoms with E-state index in [2.05, 4.69) is 56.7 Å². The van der Waals surface area contributed by atoms with Gasteiger partial charge in [0.15, 0.2) is 13.2 Å². The molecule has 0 radical (unpaired) electrons. The van der Waals surface area contributed by atoms with Gasteiger partial charge in [-0.15, -0.1) is 0 Å². The zero-order valence-electron chi connectivity index (χ0n) is 44.5. The quantitative estimate of drug-likeness (QED) is 0.0704. The SMILES string of the molecule is CC(C)c1cccc(-c2cccc(S(=O)(=O)N(C)C3CCCCc4c(OCC(=O)O)cccc43)c2)c1.CC(C)c1cccc(-c2cccc(S(=O)(=O)NC3CCCCc4c(OCC(=O)OC(C)(C)C)cccc43)c2)c1. The summed E-state index contributed by atoms with van der Waals surface area (Å²) in [5.41, 5.74) is 9.11. The Bertz CT molecular complexity index is 3200. The minimum atomic E-state index is -3.80. The molecule has 0 aliphatic heterocycles. The minimum absolute atomic E-state index is 0.199. The van der Waals surface area contributed by atoms with E-state index in [9.17, 15) is 26.4 Å². The van der Waals surface area contributed by atoms with E-state index in [1.54, 1.807) is 55.6 Å². The number of carboxylic acid groups (broad SMARTS) is 1. The third-order valence-electron chi connectivity index (χ3n) is 13.7. The van der Waals surface area contributed by atoms with Crippen LogP contribution in [0, 0.1) is 0 Å². The molecule has 0 fully saturated rings. The maximum absolute atomic E-state index is 13.8. The Morgan fingerprint density at radius 2 is 1.08 bits per heavy atom. The van der Waals surface area contributed by atoms with E-state index in [-0.39, 0.29) is 22.4 Å². The molecular formula is C61H72N2O10S2. The van der Waals surface area contributed by atoms with Crippen LogP contribution in [0.5, 0.6) is 11.5 Å². The number of hydrogen-bond acceptors (Lipinski definition) is 9. The molecule has 6 aromatic carbocycles.